The fourth-order valence-electron chi connectivity index (χ4n) is 2.34. The first-order valence-electron chi connectivity index (χ1n) is 8.08. The molecular weight excluding hydrogens is 292 g/mol. The van der Waals surface area contributed by atoms with Crippen LogP contribution in [-0.2, 0) is 13.1 Å². The summed E-state index contributed by atoms with van der Waals surface area (Å²) in [6, 6.07) is 28.8. The largest absolute Gasteiger partial charge is 0.288 e. The van der Waals surface area contributed by atoms with E-state index in [9.17, 15) is 0 Å². The van der Waals surface area contributed by atoms with Crippen LogP contribution in [0.3, 0.4) is 0 Å². The van der Waals surface area contributed by atoms with Crippen LogP contribution in [0.4, 0.5) is 0 Å². The van der Waals surface area contributed by atoms with Crippen LogP contribution >= 0.6 is 0 Å². The smallest absolute Gasteiger partial charge is 0.0639 e. The Hall–Kier alpha value is -3.00. The summed E-state index contributed by atoms with van der Waals surface area (Å²) in [7, 11) is 0. The highest BCUT2D eigenvalue weighted by Gasteiger charge is 1.93. The van der Waals surface area contributed by atoms with Gasteiger partial charge >= 0.3 is 0 Å². The molecular formula is C22H20N2. The molecule has 0 atom stereocenters. The normalized spacial score (nSPS) is 11.3. The minimum Gasteiger partial charge on any atom is -0.288 e. The quantitative estimate of drug-likeness (QED) is 0.577. The van der Waals surface area contributed by atoms with Crippen molar-refractivity contribution in [3.05, 3.63) is 107 Å². The van der Waals surface area contributed by atoms with Crippen molar-refractivity contribution in [2.45, 2.75) is 13.1 Å². The third-order valence-electron chi connectivity index (χ3n) is 3.65. The molecule has 0 spiro atoms. The summed E-state index contributed by atoms with van der Waals surface area (Å²) < 4.78 is 0. The Kier molecular flexibility index (Phi) is 5.68. The van der Waals surface area contributed by atoms with Gasteiger partial charge in [-0.05, 0) is 22.3 Å². The van der Waals surface area contributed by atoms with Crippen molar-refractivity contribution in [2.24, 2.45) is 9.98 Å². The molecule has 0 N–H and O–H groups in total. The first-order valence-corrected chi connectivity index (χ1v) is 8.08. The van der Waals surface area contributed by atoms with Gasteiger partial charge < -0.3 is 0 Å². The number of rotatable bonds is 6. The highest BCUT2D eigenvalue weighted by atomic mass is 14.7. The molecule has 0 bridgehead atoms. The highest BCUT2D eigenvalue weighted by Crippen LogP contribution is 2.07. The summed E-state index contributed by atoms with van der Waals surface area (Å²) in [5.74, 6) is 0. The summed E-state index contributed by atoms with van der Waals surface area (Å²) in [6.07, 6.45) is 3.83. The molecule has 3 aromatic rings. The van der Waals surface area contributed by atoms with Crippen LogP contribution in [0.15, 0.2) is 94.9 Å². The molecule has 0 heterocycles. The average molecular weight is 312 g/mol. The van der Waals surface area contributed by atoms with E-state index in [2.05, 4.69) is 58.5 Å². The van der Waals surface area contributed by atoms with Gasteiger partial charge in [0.2, 0.25) is 0 Å². The lowest BCUT2D eigenvalue weighted by molar-refractivity contribution is 1.04. The third kappa shape index (κ3) is 5.03. The summed E-state index contributed by atoms with van der Waals surface area (Å²) in [6.45, 7) is 1.39. The summed E-state index contributed by atoms with van der Waals surface area (Å²) in [4.78, 5) is 8.98. The van der Waals surface area contributed by atoms with Crippen molar-refractivity contribution in [3.63, 3.8) is 0 Å². The van der Waals surface area contributed by atoms with Crippen molar-refractivity contribution >= 4 is 12.4 Å². The first kappa shape index (κ1) is 15.9. The van der Waals surface area contributed by atoms with Gasteiger partial charge in [0.1, 0.15) is 0 Å². The predicted molar refractivity (Wildman–Crippen MR) is 102 cm³/mol. The molecule has 0 aliphatic carbocycles. The summed E-state index contributed by atoms with van der Waals surface area (Å²) in [5.41, 5.74) is 4.67. The molecule has 2 nitrogen and oxygen atoms in total. The molecule has 118 valence electrons. The Morgan fingerprint density at radius 2 is 0.875 bits per heavy atom. The number of hydrogen-bond donors (Lipinski definition) is 0. The van der Waals surface area contributed by atoms with Crippen LogP contribution < -0.4 is 0 Å². The van der Waals surface area contributed by atoms with Gasteiger partial charge in [0.25, 0.3) is 0 Å². The van der Waals surface area contributed by atoms with Gasteiger partial charge in [-0.15, -0.1) is 0 Å². The Morgan fingerprint density at radius 3 is 1.25 bits per heavy atom. The SMILES string of the molecule is C(=N\Cc1ccc(C/N=C/c2ccccc2)cc1)/c1ccccc1. The van der Waals surface area contributed by atoms with Crippen LogP contribution in [-0.4, -0.2) is 12.4 Å². The van der Waals surface area contributed by atoms with Gasteiger partial charge in [0, 0.05) is 12.4 Å². The monoisotopic (exact) mass is 312 g/mol. The van der Waals surface area contributed by atoms with Crippen molar-refractivity contribution in [2.75, 3.05) is 0 Å². The van der Waals surface area contributed by atoms with Crippen LogP contribution in [0.1, 0.15) is 22.3 Å². The van der Waals surface area contributed by atoms with Gasteiger partial charge in [0.15, 0.2) is 0 Å². The zero-order valence-corrected chi connectivity index (χ0v) is 13.5. The van der Waals surface area contributed by atoms with Crippen LogP contribution in [0.5, 0.6) is 0 Å². The molecule has 0 aromatic heterocycles. The van der Waals surface area contributed by atoms with Crippen molar-refractivity contribution < 1.29 is 0 Å². The van der Waals surface area contributed by atoms with E-state index in [1.54, 1.807) is 0 Å². The minimum absolute atomic E-state index is 0.697. The molecule has 0 fully saturated rings. The Balaban J connectivity index is 1.52. The van der Waals surface area contributed by atoms with Gasteiger partial charge in [0.05, 0.1) is 13.1 Å². The van der Waals surface area contributed by atoms with Crippen LogP contribution in [0.25, 0.3) is 0 Å². The van der Waals surface area contributed by atoms with E-state index in [-0.39, 0.29) is 0 Å². The molecule has 24 heavy (non-hydrogen) atoms. The molecule has 0 aliphatic rings. The summed E-state index contributed by atoms with van der Waals surface area (Å²) >= 11 is 0. The van der Waals surface area contributed by atoms with Crippen molar-refractivity contribution in [1.82, 2.24) is 0 Å². The van der Waals surface area contributed by atoms with Crippen molar-refractivity contribution in [3.8, 4) is 0 Å². The predicted octanol–water partition coefficient (Wildman–Crippen LogP) is 4.92. The van der Waals surface area contributed by atoms with Crippen LogP contribution in [0, 0.1) is 0 Å². The number of hydrogen-bond acceptors (Lipinski definition) is 2. The molecule has 3 rings (SSSR count). The van der Waals surface area contributed by atoms with E-state index < -0.39 is 0 Å². The van der Waals surface area contributed by atoms with E-state index in [0.717, 1.165) is 11.1 Å². The first-order chi connectivity index (χ1) is 11.9. The molecule has 0 saturated carbocycles. The third-order valence-corrected chi connectivity index (χ3v) is 3.65. The maximum atomic E-state index is 4.49. The van der Waals surface area contributed by atoms with Crippen molar-refractivity contribution in [1.29, 1.82) is 0 Å². The molecule has 0 aliphatic heterocycles. The maximum Gasteiger partial charge on any atom is 0.0639 e. The second-order valence-corrected chi connectivity index (χ2v) is 5.58. The zero-order valence-electron chi connectivity index (χ0n) is 13.5. The van der Waals surface area contributed by atoms with E-state index in [1.165, 1.54) is 11.1 Å². The minimum atomic E-state index is 0.697. The molecule has 0 radical (unpaired) electrons. The Labute approximate surface area is 143 Å². The van der Waals surface area contributed by atoms with Gasteiger partial charge in [-0.2, -0.15) is 0 Å². The molecule has 2 heteroatoms. The lowest BCUT2D eigenvalue weighted by atomic mass is 10.1. The number of aliphatic imine (C=N–C) groups is 2. The molecule has 0 amide bonds. The van der Waals surface area contributed by atoms with Gasteiger partial charge in [-0.3, -0.25) is 9.98 Å². The average Bonchev–Trinajstić information content (AvgIpc) is 2.65. The molecule has 0 saturated heterocycles. The second kappa shape index (κ2) is 8.59. The topological polar surface area (TPSA) is 24.7 Å². The second-order valence-electron chi connectivity index (χ2n) is 5.58. The highest BCUT2D eigenvalue weighted by molar-refractivity contribution is 5.79. The van der Waals surface area contributed by atoms with E-state index in [0.29, 0.717) is 13.1 Å². The standard InChI is InChI=1S/C22H20N2/c1-3-7-19(8-4-1)15-23-17-21-11-13-22(14-12-21)18-24-16-20-9-5-2-6-10-20/h1-16H,17-18H2/b23-15+,24-16+. The fourth-order valence-corrected chi connectivity index (χ4v) is 2.34. The number of nitrogens with zero attached hydrogens (tertiary/aromatic N) is 2. The zero-order chi connectivity index (χ0) is 16.5. The molecule has 0 unspecified atom stereocenters. The van der Waals surface area contributed by atoms with E-state index in [4.69, 9.17) is 0 Å². The summed E-state index contributed by atoms with van der Waals surface area (Å²) in [5, 5.41) is 0. The van der Waals surface area contributed by atoms with E-state index in [1.807, 2.05) is 48.8 Å². The van der Waals surface area contributed by atoms with Gasteiger partial charge in [-0.1, -0.05) is 84.9 Å². The lowest BCUT2D eigenvalue weighted by Crippen LogP contribution is -1.87. The van der Waals surface area contributed by atoms with Gasteiger partial charge in [-0.25, -0.2) is 0 Å². The fraction of sp³-hybridized carbons (Fsp3) is 0.0909. The Bertz CT molecular complexity index is 718. The molecule has 3 aromatic carbocycles. The van der Waals surface area contributed by atoms with E-state index >= 15 is 0 Å². The number of benzene rings is 3. The maximum absolute atomic E-state index is 4.49. The Morgan fingerprint density at radius 1 is 0.500 bits per heavy atom. The lowest BCUT2D eigenvalue weighted by Gasteiger charge is -2.00. The van der Waals surface area contributed by atoms with Crippen LogP contribution in [0.2, 0.25) is 0 Å².